The van der Waals surface area contributed by atoms with Gasteiger partial charge in [0.2, 0.25) is 0 Å². The summed E-state index contributed by atoms with van der Waals surface area (Å²) < 4.78 is 11.0. The highest BCUT2D eigenvalue weighted by Gasteiger charge is 2.13. The molecule has 1 aliphatic heterocycles. The molecule has 134 valence electrons. The third kappa shape index (κ3) is 3.95. The van der Waals surface area contributed by atoms with E-state index in [0.29, 0.717) is 12.3 Å². The summed E-state index contributed by atoms with van der Waals surface area (Å²) in [5.41, 5.74) is 3.06. The normalized spacial score (nSPS) is 15.2. The maximum Gasteiger partial charge on any atom is 0.287 e. The zero-order chi connectivity index (χ0) is 17.8. The van der Waals surface area contributed by atoms with E-state index in [4.69, 9.17) is 9.15 Å². The Morgan fingerprint density at radius 2 is 1.81 bits per heavy atom. The maximum absolute atomic E-state index is 12.4. The van der Waals surface area contributed by atoms with Crippen molar-refractivity contribution in [1.82, 2.24) is 10.2 Å². The number of rotatable bonds is 5. The van der Waals surface area contributed by atoms with Gasteiger partial charge in [-0.15, -0.1) is 0 Å². The molecule has 2 heterocycles. The predicted molar refractivity (Wildman–Crippen MR) is 99.9 cm³/mol. The molecule has 1 aromatic heterocycles. The smallest absolute Gasteiger partial charge is 0.287 e. The second-order valence-electron chi connectivity index (χ2n) is 6.54. The number of carbonyl (C=O) groups is 1. The van der Waals surface area contributed by atoms with E-state index in [2.05, 4.69) is 22.3 Å². The Hall–Kier alpha value is -2.63. The summed E-state index contributed by atoms with van der Waals surface area (Å²) in [6.45, 7) is 4.92. The van der Waals surface area contributed by atoms with Crippen molar-refractivity contribution >= 4 is 16.9 Å². The molecule has 26 heavy (non-hydrogen) atoms. The number of nitrogens with zero attached hydrogens (tertiary/aromatic N) is 1. The Kier molecular flexibility index (Phi) is 5.00. The number of ether oxygens (including phenoxy) is 1. The van der Waals surface area contributed by atoms with E-state index in [1.807, 2.05) is 36.4 Å². The van der Waals surface area contributed by atoms with Gasteiger partial charge in [0.25, 0.3) is 5.91 Å². The molecule has 1 N–H and O–H groups in total. The number of hydrogen-bond donors (Lipinski definition) is 1. The second kappa shape index (κ2) is 7.72. The van der Waals surface area contributed by atoms with E-state index < -0.39 is 0 Å². The number of hydrogen-bond acceptors (Lipinski definition) is 4. The predicted octanol–water partition coefficient (Wildman–Crippen LogP) is 3.20. The van der Waals surface area contributed by atoms with E-state index in [9.17, 15) is 4.79 Å². The number of furan rings is 1. The molecule has 1 aliphatic rings. The number of fused-ring (bicyclic) bond motifs is 1. The summed E-state index contributed by atoms with van der Waals surface area (Å²) in [4.78, 5) is 14.7. The van der Waals surface area contributed by atoms with Crippen LogP contribution in [-0.4, -0.2) is 37.1 Å². The van der Waals surface area contributed by atoms with Gasteiger partial charge in [0.1, 0.15) is 5.58 Å². The first-order chi connectivity index (χ1) is 12.8. The third-order valence-electron chi connectivity index (χ3n) is 4.60. The molecule has 0 atom stereocenters. The van der Waals surface area contributed by atoms with E-state index in [-0.39, 0.29) is 5.91 Å². The van der Waals surface area contributed by atoms with Crippen molar-refractivity contribution in [2.24, 2.45) is 0 Å². The number of benzene rings is 2. The Balaban J connectivity index is 1.37. The highest BCUT2D eigenvalue weighted by atomic mass is 16.5. The van der Waals surface area contributed by atoms with Crippen LogP contribution >= 0.6 is 0 Å². The molecule has 1 fully saturated rings. The molecular weight excluding hydrogens is 328 g/mol. The van der Waals surface area contributed by atoms with Crippen LogP contribution in [0.1, 0.15) is 21.7 Å². The lowest BCUT2D eigenvalue weighted by Gasteiger charge is -2.26. The van der Waals surface area contributed by atoms with Crippen molar-refractivity contribution in [3.8, 4) is 0 Å². The summed E-state index contributed by atoms with van der Waals surface area (Å²) in [5.74, 6) is 0.149. The van der Waals surface area contributed by atoms with Gasteiger partial charge >= 0.3 is 0 Å². The van der Waals surface area contributed by atoms with Gasteiger partial charge in [-0.2, -0.15) is 0 Å². The van der Waals surface area contributed by atoms with Crippen LogP contribution in [0.4, 0.5) is 0 Å². The molecular formula is C21H22N2O3. The minimum atomic E-state index is -0.195. The summed E-state index contributed by atoms with van der Waals surface area (Å²) in [6, 6.07) is 17.7. The highest BCUT2D eigenvalue weighted by molar-refractivity contribution is 5.96. The van der Waals surface area contributed by atoms with Crippen molar-refractivity contribution in [3.05, 3.63) is 71.5 Å². The molecule has 5 nitrogen and oxygen atoms in total. The molecule has 0 bridgehead atoms. The van der Waals surface area contributed by atoms with Gasteiger partial charge in [-0.25, -0.2) is 0 Å². The fourth-order valence-corrected chi connectivity index (χ4v) is 3.22. The van der Waals surface area contributed by atoms with Crippen molar-refractivity contribution < 1.29 is 13.9 Å². The summed E-state index contributed by atoms with van der Waals surface area (Å²) in [6.07, 6.45) is 0. The molecule has 1 amide bonds. The number of carbonyl (C=O) groups excluding carboxylic acids is 1. The van der Waals surface area contributed by atoms with Crippen LogP contribution < -0.4 is 5.32 Å². The van der Waals surface area contributed by atoms with Gasteiger partial charge in [0.05, 0.1) is 13.2 Å². The van der Waals surface area contributed by atoms with Gasteiger partial charge in [-0.3, -0.25) is 9.69 Å². The Bertz CT molecular complexity index is 864. The highest BCUT2D eigenvalue weighted by Crippen LogP contribution is 2.18. The molecule has 5 heteroatoms. The topological polar surface area (TPSA) is 54.7 Å². The Morgan fingerprint density at radius 3 is 2.65 bits per heavy atom. The number of para-hydroxylation sites is 1. The van der Waals surface area contributed by atoms with Crippen molar-refractivity contribution in [1.29, 1.82) is 0 Å². The van der Waals surface area contributed by atoms with Gasteiger partial charge in [-0.1, -0.05) is 42.5 Å². The maximum atomic E-state index is 12.4. The zero-order valence-corrected chi connectivity index (χ0v) is 14.6. The van der Waals surface area contributed by atoms with Crippen LogP contribution in [0.2, 0.25) is 0 Å². The summed E-state index contributed by atoms with van der Waals surface area (Å²) >= 11 is 0. The quantitative estimate of drug-likeness (QED) is 0.768. The molecule has 4 rings (SSSR count). The van der Waals surface area contributed by atoms with Crippen LogP contribution in [0.5, 0.6) is 0 Å². The second-order valence-corrected chi connectivity index (χ2v) is 6.54. The third-order valence-corrected chi connectivity index (χ3v) is 4.60. The first-order valence-corrected chi connectivity index (χ1v) is 8.93. The minimum Gasteiger partial charge on any atom is -0.451 e. The van der Waals surface area contributed by atoms with Gasteiger partial charge in [-0.05, 0) is 23.3 Å². The molecule has 0 spiro atoms. The Labute approximate surface area is 152 Å². The van der Waals surface area contributed by atoms with Crippen LogP contribution in [-0.2, 0) is 17.8 Å². The van der Waals surface area contributed by atoms with Crippen molar-refractivity contribution in [3.63, 3.8) is 0 Å². The van der Waals surface area contributed by atoms with E-state index in [1.165, 1.54) is 5.56 Å². The average molecular weight is 350 g/mol. The van der Waals surface area contributed by atoms with Crippen molar-refractivity contribution in [2.75, 3.05) is 26.3 Å². The van der Waals surface area contributed by atoms with Gasteiger partial charge < -0.3 is 14.5 Å². The standard InChI is InChI=1S/C21H22N2O3/c24-21(20-13-18-6-1-2-7-19(18)26-20)22-14-16-4-3-5-17(12-16)15-23-8-10-25-11-9-23/h1-7,12-13H,8-11,14-15H2,(H,22,24). The lowest BCUT2D eigenvalue weighted by molar-refractivity contribution is 0.0342. The number of nitrogens with one attached hydrogen (secondary N) is 1. The summed E-state index contributed by atoms with van der Waals surface area (Å²) in [7, 11) is 0. The molecule has 0 radical (unpaired) electrons. The van der Waals surface area contributed by atoms with Crippen LogP contribution in [0.3, 0.4) is 0 Å². The SMILES string of the molecule is O=C(NCc1cccc(CN2CCOCC2)c1)c1cc2ccccc2o1. The molecule has 0 saturated carbocycles. The van der Waals surface area contributed by atoms with E-state index in [1.54, 1.807) is 6.07 Å². The lowest BCUT2D eigenvalue weighted by atomic mass is 10.1. The fourth-order valence-electron chi connectivity index (χ4n) is 3.22. The minimum absolute atomic E-state index is 0.195. The van der Waals surface area contributed by atoms with Gasteiger partial charge in [0, 0.05) is 31.6 Å². The molecule has 1 saturated heterocycles. The van der Waals surface area contributed by atoms with Crippen LogP contribution in [0.15, 0.2) is 59.0 Å². The van der Waals surface area contributed by atoms with E-state index in [0.717, 1.165) is 49.4 Å². The number of amides is 1. The zero-order valence-electron chi connectivity index (χ0n) is 14.6. The average Bonchev–Trinajstić information content (AvgIpc) is 3.12. The van der Waals surface area contributed by atoms with Gasteiger partial charge in [0.15, 0.2) is 5.76 Å². The van der Waals surface area contributed by atoms with Crippen LogP contribution in [0, 0.1) is 0 Å². The number of morpholine rings is 1. The molecule has 3 aromatic rings. The van der Waals surface area contributed by atoms with Crippen molar-refractivity contribution in [2.45, 2.75) is 13.1 Å². The summed E-state index contributed by atoms with van der Waals surface area (Å²) in [5, 5.41) is 3.88. The Morgan fingerprint density at radius 1 is 1.00 bits per heavy atom. The first-order valence-electron chi connectivity index (χ1n) is 8.93. The first kappa shape index (κ1) is 16.8. The van der Waals surface area contributed by atoms with Crippen LogP contribution in [0.25, 0.3) is 11.0 Å². The largest absolute Gasteiger partial charge is 0.451 e. The molecule has 0 aliphatic carbocycles. The van der Waals surface area contributed by atoms with E-state index >= 15 is 0 Å². The lowest BCUT2D eigenvalue weighted by Crippen LogP contribution is -2.35. The fraction of sp³-hybridized carbons (Fsp3) is 0.286. The molecule has 2 aromatic carbocycles. The molecule has 0 unspecified atom stereocenters. The monoisotopic (exact) mass is 350 g/mol.